The molecule has 0 fully saturated rings. The second kappa shape index (κ2) is 5.54. The number of alkyl halides is 1. The van der Waals surface area contributed by atoms with Gasteiger partial charge in [0.15, 0.2) is 0 Å². The van der Waals surface area contributed by atoms with Crippen LogP contribution >= 0.6 is 15.9 Å². The molecule has 0 spiro atoms. The van der Waals surface area contributed by atoms with E-state index >= 15 is 0 Å². The Bertz CT molecular complexity index is 942. The predicted octanol–water partition coefficient (Wildman–Crippen LogP) is 4.53. The number of pyridine rings is 1. The number of hydrogen-bond donors (Lipinski definition) is 0. The van der Waals surface area contributed by atoms with Crippen LogP contribution in [0.25, 0.3) is 21.9 Å². The van der Waals surface area contributed by atoms with Crippen LogP contribution in [0.15, 0.2) is 61.1 Å². The second-order valence-electron chi connectivity index (χ2n) is 5.33. The van der Waals surface area contributed by atoms with E-state index in [4.69, 9.17) is 0 Å². The van der Waals surface area contributed by atoms with Crippen molar-refractivity contribution in [3.05, 3.63) is 72.2 Å². The van der Waals surface area contributed by atoms with Crippen molar-refractivity contribution in [2.45, 2.75) is 11.9 Å². The van der Waals surface area contributed by atoms with E-state index in [1.807, 2.05) is 30.7 Å². The summed E-state index contributed by atoms with van der Waals surface area (Å²) >= 11 is 3.48. The van der Waals surface area contributed by atoms with Crippen molar-refractivity contribution in [2.75, 3.05) is 0 Å². The third-order valence-electron chi connectivity index (χ3n) is 3.88. The second-order valence-corrected chi connectivity index (χ2v) is 5.89. The number of rotatable bonds is 3. The van der Waals surface area contributed by atoms with Crippen LogP contribution in [0, 0.1) is 0 Å². The Morgan fingerprint density at radius 1 is 0.864 bits per heavy atom. The Balaban J connectivity index is 1.82. The minimum Gasteiger partial charge on any atom is -0.325 e. The third-order valence-corrected chi connectivity index (χ3v) is 4.53. The quantitative estimate of drug-likeness (QED) is 0.507. The van der Waals surface area contributed by atoms with Crippen molar-refractivity contribution in [3.8, 4) is 0 Å². The van der Waals surface area contributed by atoms with Gasteiger partial charge in [0, 0.05) is 17.3 Å². The molecule has 108 valence electrons. The van der Waals surface area contributed by atoms with Gasteiger partial charge in [0.05, 0.1) is 23.6 Å². The van der Waals surface area contributed by atoms with Crippen molar-refractivity contribution < 1.29 is 0 Å². The zero-order valence-corrected chi connectivity index (χ0v) is 13.5. The fourth-order valence-corrected chi connectivity index (χ4v) is 3.13. The highest BCUT2D eigenvalue weighted by Crippen LogP contribution is 2.23. The van der Waals surface area contributed by atoms with Gasteiger partial charge in [0.2, 0.25) is 0 Å². The van der Waals surface area contributed by atoms with Crippen LogP contribution in [0.1, 0.15) is 11.1 Å². The van der Waals surface area contributed by atoms with E-state index in [0.29, 0.717) is 0 Å². The van der Waals surface area contributed by atoms with Gasteiger partial charge in [0.1, 0.15) is 5.52 Å². The molecule has 4 aromatic rings. The number of para-hydroxylation sites is 1. The lowest BCUT2D eigenvalue weighted by atomic mass is 10.1. The first kappa shape index (κ1) is 13.5. The lowest BCUT2D eigenvalue weighted by Gasteiger charge is -2.07. The molecule has 0 saturated heterocycles. The molecule has 4 rings (SSSR count). The molecule has 4 heteroatoms. The normalized spacial score (nSPS) is 11.3. The van der Waals surface area contributed by atoms with Gasteiger partial charge < -0.3 is 4.57 Å². The molecular formula is C18H14BrN3. The number of hydrogen-bond acceptors (Lipinski definition) is 2. The molecule has 0 bridgehead atoms. The van der Waals surface area contributed by atoms with Gasteiger partial charge in [-0.05, 0) is 17.2 Å². The van der Waals surface area contributed by atoms with E-state index in [1.54, 1.807) is 0 Å². The third kappa shape index (κ3) is 2.29. The summed E-state index contributed by atoms with van der Waals surface area (Å²) < 4.78 is 2.20. The first-order valence-electron chi connectivity index (χ1n) is 7.17. The predicted molar refractivity (Wildman–Crippen MR) is 93.2 cm³/mol. The van der Waals surface area contributed by atoms with Gasteiger partial charge in [-0.1, -0.05) is 58.4 Å². The van der Waals surface area contributed by atoms with Crippen molar-refractivity contribution in [2.24, 2.45) is 0 Å². The summed E-state index contributed by atoms with van der Waals surface area (Å²) in [5.41, 5.74) is 5.65. The Morgan fingerprint density at radius 3 is 2.45 bits per heavy atom. The first-order chi connectivity index (χ1) is 10.8. The molecule has 2 heterocycles. The summed E-state index contributed by atoms with van der Waals surface area (Å²) in [6.07, 6.45) is 3.75. The zero-order valence-electron chi connectivity index (χ0n) is 11.9. The molecule has 0 aliphatic heterocycles. The number of nitrogens with zero attached hydrogens (tertiary/aromatic N) is 3. The number of aromatic nitrogens is 3. The average Bonchev–Trinajstić information content (AvgIpc) is 2.99. The van der Waals surface area contributed by atoms with Crippen molar-refractivity contribution in [1.82, 2.24) is 14.5 Å². The minimum atomic E-state index is 0.813. The molecule has 0 atom stereocenters. The maximum absolute atomic E-state index is 4.49. The van der Waals surface area contributed by atoms with Gasteiger partial charge in [-0.25, -0.2) is 4.98 Å². The summed E-state index contributed by atoms with van der Waals surface area (Å²) in [5, 5.41) is 2.03. The Kier molecular flexibility index (Phi) is 3.39. The van der Waals surface area contributed by atoms with Crippen LogP contribution in [0.5, 0.6) is 0 Å². The van der Waals surface area contributed by atoms with Crippen molar-refractivity contribution in [3.63, 3.8) is 0 Å². The van der Waals surface area contributed by atoms with Crippen LogP contribution < -0.4 is 0 Å². The Labute approximate surface area is 136 Å². The smallest absolute Gasteiger partial charge is 0.107 e. The zero-order chi connectivity index (χ0) is 14.9. The number of halogens is 1. The van der Waals surface area contributed by atoms with Gasteiger partial charge in [-0.15, -0.1) is 0 Å². The Morgan fingerprint density at radius 2 is 1.64 bits per heavy atom. The maximum atomic E-state index is 4.49. The molecule has 0 unspecified atom stereocenters. The van der Waals surface area contributed by atoms with Crippen molar-refractivity contribution >= 4 is 37.9 Å². The monoisotopic (exact) mass is 351 g/mol. The molecule has 3 nitrogen and oxygen atoms in total. The van der Waals surface area contributed by atoms with E-state index in [2.05, 4.69) is 60.8 Å². The molecule has 0 aliphatic rings. The molecular weight excluding hydrogens is 338 g/mol. The van der Waals surface area contributed by atoms with Gasteiger partial charge >= 0.3 is 0 Å². The van der Waals surface area contributed by atoms with E-state index in [9.17, 15) is 0 Å². The van der Waals surface area contributed by atoms with Crippen LogP contribution in [0.3, 0.4) is 0 Å². The van der Waals surface area contributed by atoms with Gasteiger partial charge in [0.25, 0.3) is 0 Å². The van der Waals surface area contributed by atoms with Crippen LogP contribution in [-0.2, 0) is 11.9 Å². The van der Waals surface area contributed by atoms with Crippen molar-refractivity contribution in [1.29, 1.82) is 0 Å². The summed E-state index contributed by atoms with van der Waals surface area (Å²) in [6.45, 7) is 0.813. The Hall–Kier alpha value is -2.20. The lowest BCUT2D eigenvalue weighted by molar-refractivity contribution is 0.826. The highest BCUT2D eigenvalue weighted by atomic mass is 79.9. The lowest BCUT2D eigenvalue weighted by Crippen LogP contribution is -1.98. The molecule has 22 heavy (non-hydrogen) atoms. The van der Waals surface area contributed by atoms with Crippen LogP contribution in [-0.4, -0.2) is 14.5 Å². The largest absolute Gasteiger partial charge is 0.325 e. The van der Waals surface area contributed by atoms with Crippen LogP contribution in [0.4, 0.5) is 0 Å². The van der Waals surface area contributed by atoms with E-state index < -0.39 is 0 Å². The highest BCUT2D eigenvalue weighted by Gasteiger charge is 2.08. The fraction of sp³-hybridized carbons (Fsp3) is 0.111. The average molecular weight is 352 g/mol. The fourth-order valence-electron chi connectivity index (χ4n) is 2.75. The summed E-state index contributed by atoms with van der Waals surface area (Å²) in [4.78, 5) is 8.96. The molecule has 0 N–H and O–H groups in total. The van der Waals surface area contributed by atoms with Gasteiger partial charge in [-0.3, -0.25) is 4.98 Å². The van der Waals surface area contributed by atoms with Gasteiger partial charge in [-0.2, -0.15) is 0 Å². The SMILES string of the molecule is BrCc1ccc(Cn2cnc3cnc4ccccc4c32)cc1. The first-order valence-corrected chi connectivity index (χ1v) is 8.29. The highest BCUT2D eigenvalue weighted by molar-refractivity contribution is 9.08. The summed E-state index contributed by atoms with van der Waals surface area (Å²) in [6, 6.07) is 16.9. The van der Waals surface area contributed by atoms with E-state index in [-0.39, 0.29) is 0 Å². The minimum absolute atomic E-state index is 0.813. The molecule has 2 aromatic carbocycles. The summed E-state index contributed by atoms with van der Waals surface area (Å²) in [5.74, 6) is 0. The van der Waals surface area contributed by atoms with E-state index in [0.717, 1.165) is 33.8 Å². The van der Waals surface area contributed by atoms with E-state index in [1.165, 1.54) is 11.1 Å². The number of fused-ring (bicyclic) bond motifs is 3. The standard InChI is InChI=1S/C18H14BrN3/c19-9-13-5-7-14(8-6-13)11-22-12-21-17-10-20-16-4-2-1-3-15(16)18(17)22/h1-8,10,12H,9,11H2. The topological polar surface area (TPSA) is 30.7 Å². The van der Waals surface area contributed by atoms with Crippen LogP contribution in [0.2, 0.25) is 0 Å². The maximum Gasteiger partial charge on any atom is 0.107 e. The summed E-state index contributed by atoms with van der Waals surface area (Å²) in [7, 11) is 0. The molecule has 2 aromatic heterocycles. The number of imidazole rings is 1. The molecule has 0 amide bonds. The molecule has 0 aliphatic carbocycles. The molecule has 0 saturated carbocycles. The number of benzene rings is 2. The molecule has 0 radical (unpaired) electrons.